The van der Waals surface area contributed by atoms with Crippen LogP contribution >= 0.6 is 0 Å². The highest BCUT2D eigenvalue weighted by atomic mass is 16.5. The summed E-state index contributed by atoms with van der Waals surface area (Å²) in [5, 5.41) is 0. The Kier molecular flexibility index (Phi) is 4.55. The van der Waals surface area contributed by atoms with Crippen LogP contribution in [0.25, 0.3) is 0 Å². The summed E-state index contributed by atoms with van der Waals surface area (Å²) in [6.07, 6.45) is 8.01. The van der Waals surface area contributed by atoms with Gasteiger partial charge in [-0.25, -0.2) is 14.8 Å². The molecule has 0 atom stereocenters. The molecule has 7 nitrogen and oxygen atoms in total. The van der Waals surface area contributed by atoms with Crippen LogP contribution in [0.15, 0.2) is 36.9 Å². The quantitative estimate of drug-likeness (QED) is 0.759. The molecule has 0 bridgehead atoms. The molecule has 7 heteroatoms. The average molecular weight is 353 g/mol. The number of pyridine rings is 1. The highest BCUT2D eigenvalue weighted by Crippen LogP contribution is 2.40. The van der Waals surface area contributed by atoms with Crippen molar-refractivity contribution in [2.45, 2.75) is 19.9 Å². The molecule has 2 saturated heterocycles. The first-order chi connectivity index (χ1) is 12.7. The van der Waals surface area contributed by atoms with E-state index in [-0.39, 0.29) is 5.97 Å². The highest BCUT2D eigenvalue weighted by molar-refractivity contribution is 5.88. The summed E-state index contributed by atoms with van der Waals surface area (Å²) in [5.41, 5.74) is 2.00. The minimum atomic E-state index is -0.373. The fourth-order valence-corrected chi connectivity index (χ4v) is 3.93. The zero-order chi connectivity index (χ0) is 18.0. The summed E-state index contributed by atoms with van der Waals surface area (Å²) in [6.45, 7) is 7.21. The van der Waals surface area contributed by atoms with Crippen LogP contribution in [0.5, 0.6) is 0 Å². The lowest BCUT2D eigenvalue weighted by Gasteiger charge is -2.48. The first kappa shape index (κ1) is 16.9. The standard InChI is InChI=1S/C19H23N5O2/c1-2-26-17(25)16-9-21-18(22-10-16)24-7-5-19(14-24)12-23(13-19)11-15-4-3-6-20-8-15/h3-4,6,8-10H,2,5,7,11-14H2,1H3. The van der Waals surface area contributed by atoms with Crippen molar-refractivity contribution in [3.8, 4) is 0 Å². The number of carbonyl (C=O) groups excluding carboxylic acids is 1. The number of aromatic nitrogens is 3. The maximum Gasteiger partial charge on any atom is 0.341 e. The predicted octanol–water partition coefficient (Wildman–Crippen LogP) is 1.76. The van der Waals surface area contributed by atoms with E-state index in [1.165, 1.54) is 5.56 Å². The number of ether oxygens (including phenoxy) is 1. The van der Waals surface area contributed by atoms with E-state index in [0.29, 0.717) is 23.5 Å². The van der Waals surface area contributed by atoms with Crippen LogP contribution in [0.4, 0.5) is 5.95 Å². The first-order valence-electron chi connectivity index (χ1n) is 9.03. The van der Waals surface area contributed by atoms with Crippen LogP contribution in [-0.4, -0.2) is 58.6 Å². The van der Waals surface area contributed by atoms with Crippen molar-refractivity contribution < 1.29 is 9.53 Å². The van der Waals surface area contributed by atoms with Gasteiger partial charge >= 0.3 is 5.97 Å². The normalized spacial score (nSPS) is 18.7. The Labute approximate surface area is 153 Å². The van der Waals surface area contributed by atoms with Crippen LogP contribution in [-0.2, 0) is 11.3 Å². The van der Waals surface area contributed by atoms with E-state index in [1.54, 1.807) is 19.3 Å². The molecule has 0 radical (unpaired) electrons. The van der Waals surface area contributed by atoms with Crippen molar-refractivity contribution in [3.05, 3.63) is 48.0 Å². The second-order valence-electron chi connectivity index (χ2n) is 7.17. The van der Waals surface area contributed by atoms with Gasteiger partial charge in [0, 0.05) is 62.9 Å². The van der Waals surface area contributed by atoms with Gasteiger partial charge in [0.05, 0.1) is 12.2 Å². The van der Waals surface area contributed by atoms with E-state index < -0.39 is 0 Å². The van der Waals surface area contributed by atoms with E-state index in [9.17, 15) is 4.79 Å². The smallest absolute Gasteiger partial charge is 0.341 e. The van der Waals surface area contributed by atoms with Gasteiger partial charge in [0.25, 0.3) is 0 Å². The number of anilines is 1. The fourth-order valence-electron chi connectivity index (χ4n) is 3.93. The molecule has 0 aliphatic carbocycles. The summed E-state index contributed by atoms with van der Waals surface area (Å²) in [4.78, 5) is 29.3. The van der Waals surface area contributed by atoms with Crippen molar-refractivity contribution in [1.82, 2.24) is 19.9 Å². The van der Waals surface area contributed by atoms with Crippen molar-refractivity contribution >= 4 is 11.9 Å². The summed E-state index contributed by atoms with van der Waals surface area (Å²) >= 11 is 0. The van der Waals surface area contributed by atoms with E-state index in [2.05, 4.69) is 30.8 Å². The number of carbonyl (C=O) groups is 1. The Bertz CT molecular complexity index is 759. The molecular weight excluding hydrogens is 330 g/mol. The molecule has 2 aromatic rings. The monoisotopic (exact) mass is 353 g/mol. The Hall–Kier alpha value is -2.54. The van der Waals surface area contributed by atoms with Gasteiger partial charge in [0.2, 0.25) is 5.95 Å². The number of esters is 1. The fraction of sp³-hybridized carbons (Fsp3) is 0.474. The summed E-state index contributed by atoms with van der Waals surface area (Å²) < 4.78 is 4.97. The van der Waals surface area contributed by atoms with Gasteiger partial charge in [0.1, 0.15) is 0 Å². The lowest BCUT2D eigenvalue weighted by atomic mass is 9.79. The topological polar surface area (TPSA) is 71.5 Å². The van der Waals surface area contributed by atoms with E-state index in [4.69, 9.17) is 4.74 Å². The SMILES string of the molecule is CCOC(=O)c1cnc(N2CCC3(CN(Cc4cccnc4)C3)C2)nc1. The summed E-state index contributed by atoms with van der Waals surface area (Å²) in [6, 6.07) is 4.11. The summed E-state index contributed by atoms with van der Waals surface area (Å²) in [7, 11) is 0. The second kappa shape index (κ2) is 6.99. The zero-order valence-corrected chi connectivity index (χ0v) is 15.0. The summed E-state index contributed by atoms with van der Waals surface area (Å²) in [5.74, 6) is 0.322. The van der Waals surface area contributed by atoms with Crippen molar-refractivity contribution in [2.75, 3.05) is 37.7 Å². The van der Waals surface area contributed by atoms with Crippen molar-refractivity contribution in [1.29, 1.82) is 0 Å². The largest absolute Gasteiger partial charge is 0.462 e. The third-order valence-corrected chi connectivity index (χ3v) is 5.12. The molecule has 0 amide bonds. The number of likely N-dealkylation sites (tertiary alicyclic amines) is 1. The molecule has 2 aliphatic rings. The maximum absolute atomic E-state index is 11.7. The molecule has 0 saturated carbocycles. The lowest BCUT2D eigenvalue weighted by molar-refractivity contribution is 0.0116. The van der Waals surface area contributed by atoms with Crippen molar-refractivity contribution in [2.24, 2.45) is 5.41 Å². The zero-order valence-electron chi connectivity index (χ0n) is 15.0. The average Bonchev–Trinajstić information content (AvgIpc) is 3.08. The maximum atomic E-state index is 11.7. The molecular formula is C19H23N5O2. The predicted molar refractivity (Wildman–Crippen MR) is 96.8 cm³/mol. The molecule has 2 aromatic heterocycles. The van der Waals surface area contributed by atoms with E-state index >= 15 is 0 Å². The Morgan fingerprint density at radius 3 is 2.73 bits per heavy atom. The van der Waals surface area contributed by atoms with Crippen LogP contribution in [0, 0.1) is 5.41 Å². The van der Waals surface area contributed by atoms with Gasteiger partial charge in [-0.3, -0.25) is 9.88 Å². The van der Waals surface area contributed by atoms with Crippen LogP contribution in [0.2, 0.25) is 0 Å². The highest BCUT2D eigenvalue weighted by Gasteiger charge is 2.47. The number of hydrogen-bond acceptors (Lipinski definition) is 7. The van der Waals surface area contributed by atoms with Gasteiger partial charge < -0.3 is 9.64 Å². The van der Waals surface area contributed by atoms with Gasteiger partial charge in [-0.1, -0.05) is 6.07 Å². The second-order valence-corrected chi connectivity index (χ2v) is 7.17. The minimum absolute atomic E-state index is 0.339. The Morgan fingerprint density at radius 2 is 2.04 bits per heavy atom. The number of hydrogen-bond donors (Lipinski definition) is 0. The third-order valence-electron chi connectivity index (χ3n) is 5.12. The Morgan fingerprint density at radius 1 is 1.23 bits per heavy atom. The van der Waals surface area contributed by atoms with Crippen molar-refractivity contribution in [3.63, 3.8) is 0 Å². The number of rotatable bonds is 5. The van der Waals surface area contributed by atoms with Gasteiger partial charge in [-0.15, -0.1) is 0 Å². The van der Waals surface area contributed by atoms with E-state index in [1.807, 2.05) is 18.5 Å². The molecule has 2 fully saturated rings. The molecule has 4 heterocycles. The van der Waals surface area contributed by atoms with Crippen LogP contribution in [0.3, 0.4) is 0 Å². The molecule has 136 valence electrons. The molecule has 1 spiro atoms. The molecule has 4 rings (SSSR count). The Balaban J connectivity index is 1.32. The first-order valence-corrected chi connectivity index (χ1v) is 9.03. The van der Waals surface area contributed by atoms with Gasteiger partial charge in [0.15, 0.2) is 0 Å². The van der Waals surface area contributed by atoms with Gasteiger partial charge in [-0.05, 0) is 25.0 Å². The van der Waals surface area contributed by atoms with E-state index in [0.717, 1.165) is 39.1 Å². The molecule has 0 unspecified atom stereocenters. The molecule has 0 N–H and O–H groups in total. The minimum Gasteiger partial charge on any atom is -0.462 e. The van der Waals surface area contributed by atoms with Crippen LogP contribution in [0.1, 0.15) is 29.3 Å². The number of nitrogens with zero attached hydrogens (tertiary/aromatic N) is 5. The van der Waals surface area contributed by atoms with Gasteiger partial charge in [-0.2, -0.15) is 0 Å². The molecule has 0 aromatic carbocycles. The van der Waals surface area contributed by atoms with Crippen LogP contribution < -0.4 is 4.90 Å². The lowest BCUT2D eigenvalue weighted by Crippen LogP contribution is -2.56. The third kappa shape index (κ3) is 3.39. The molecule has 26 heavy (non-hydrogen) atoms. The molecule has 2 aliphatic heterocycles.